The maximum absolute atomic E-state index is 13.5. The minimum absolute atomic E-state index is 0.0317. The van der Waals surface area contributed by atoms with Crippen molar-refractivity contribution in [2.45, 2.75) is 6.61 Å². The zero-order chi connectivity index (χ0) is 18.2. The van der Waals surface area contributed by atoms with Crippen molar-refractivity contribution in [2.75, 3.05) is 17.2 Å². The summed E-state index contributed by atoms with van der Waals surface area (Å²) in [4.78, 5) is 12.1. The van der Waals surface area contributed by atoms with Crippen molar-refractivity contribution in [1.29, 1.82) is 0 Å². The molecule has 0 unspecified atom stereocenters. The number of ether oxygens (including phenoxy) is 1. The molecule has 132 valence electrons. The molecule has 3 aromatic rings. The number of carbonyl (C=O) groups excluding carboxylic acids is 1. The molecule has 0 fully saturated rings. The first-order valence-corrected chi connectivity index (χ1v) is 8.26. The van der Waals surface area contributed by atoms with Gasteiger partial charge in [0.05, 0.1) is 12.2 Å². The number of amides is 1. The van der Waals surface area contributed by atoms with E-state index in [-0.39, 0.29) is 12.5 Å². The van der Waals surface area contributed by atoms with Gasteiger partial charge in [0, 0.05) is 11.8 Å². The summed E-state index contributed by atoms with van der Waals surface area (Å²) in [5.41, 5.74) is 1.98. The third-order valence-corrected chi connectivity index (χ3v) is 3.68. The van der Waals surface area contributed by atoms with Gasteiger partial charge in [-0.1, -0.05) is 48.5 Å². The number of benzene rings is 3. The molecular weight excluding hydrogens is 331 g/mol. The summed E-state index contributed by atoms with van der Waals surface area (Å²) in [5, 5.41) is 5.54. The summed E-state index contributed by atoms with van der Waals surface area (Å²) in [6, 6.07) is 23.2. The summed E-state index contributed by atoms with van der Waals surface area (Å²) in [5.74, 6) is -0.00112. The molecule has 0 aliphatic heterocycles. The topological polar surface area (TPSA) is 50.4 Å². The van der Waals surface area contributed by atoms with Crippen molar-refractivity contribution < 1.29 is 13.9 Å². The Kier molecular flexibility index (Phi) is 5.83. The minimum atomic E-state index is -0.392. The normalized spacial score (nSPS) is 10.2. The van der Waals surface area contributed by atoms with Crippen LogP contribution in [0.25, 0.3) is 0 Å². The third-order valence-electron chi connectivity index (χ3n) is 3.68. The zero-order valence-corrected chi connectivity index (χ0v) is 14.1. The van der Waals surface area contributed by atoms with Crippen molar-refractivity contribution in [1.82, 2.24) is 0 Å². The predicted molar refractivity (Wildman–Crippen MR) is 101 cm³/mol. The molecule has 0 bridgehead atoms. The zero-order valence-electron chi connectivity index (χ0n) is 14.1. The number of rotatable bonds is 7. The summed E-state index contributed by atoms with van der Waals surface area (Å²) in [6.45, 7) is 0.420. The lowest BCUT2D eigenvalue weighted by atomic mass is 10.2. The van der Waals surface area contributed by atoms with Gasteiger partial charge in [-0.25, -0.2) is 4.39 Å². The molecule has 0 heterocycles. The van der Waals surface area contributed by atoms with Crippen LogP contribution in [0.15, 0.2) is 78.9 Å². The number of hydrogen-bond donors (Lipinski definition) is 2. The van der Waals surface area contributed by atoms with Gasteiger partial charge < -0.3 is 15.4 Å². The molecule has 0 aliphatic rings. The molecule has 0 radical (unpaired) electrons. The van der Waals surface area contributed by atoms with Crippen LogP contribution in [0.4, 0.5) is 15.8 Å². The largest absolute Gasteiger partial charge is 0.489 e. The van der Waals surface area contributed by atoms with Crippen molar-refractivity contribution >= 4 is 17.3 Å². The average molecular weight is 350 g/mol. The fraction of sp³-hybridized carbons (Fsp3) is 0.0952. The van der Waals surface area contributed by atoms with E-state index >= 15 is 0 Å². The Labute approximate surface area is 151 Å². The lowest BCUT2D eigenvalue weighted by Gasteiger charge is -2.10. The quantitative estimate of drug-likeness (QED) is 0.662. The standard InChI is InChI=1S/C21H19FN2O2/c22-19-11-4-5-12-20(19)23-14-21(25)24-17-9-6-10-18(13-17)26-15-16-7-2-1-3-8-16/h1-13,23H,14-15H2,(H,24,25). The van der Waals surface area contributed by atoms with Gasteiger partial charge in [-0.15, -0.1) is 0 Å². The molecule has 0 saturated heterocycles. The monoisotopic (exact) mass is 350 g/mol. The summed E-state index contributed by atoms with van der Waals surface area (Å²) >= 11 is 0. The highest BCUT2D eigenvalue weighted by Crippen LogP contribution is 2.19. The second-order valence-corrected chi connectivity index (χ2v) is 5.68. The molecular formula is C21H19FN2O2. The molecule has 0 saturated carbocycles. The van der Waals surface area contributed by atoms with Crippen LogP contribution in [-0.2, 0) is 11.4 Å². The van der Waals surface area contributed by atoms with E-state index in [1.165, 1.54) is 6.07 Å². The number of nitrogens with one attached hydrogen (secondary N) is 2. The van der Waals surface area contributed by atoms with Crippen LogP contribution in [0, 0.1) is 5.82 Å². The highest BCUT2D eigenvalue weighted by molar-refractivity contribution is 5.93. The lowest BCUT2D eigenvalue weighted by Crippen LogP contribution is -2.22. The van der Waals surface area contributed by atoms with Crippen LogP contribution in [-0.4, -0.2) is 12.5 Å². The third kappa shape index (κ3) is 5.08. The number of hydrogen-bond acceptors (Lipinski definition) is 3. The van der Waals surface area contributed by atoms with E-state index in [0.29, 0.717) is 23.7 Å². The lowest BCUT2D eigenvalue weighted by molar-refractivity contribution is -0.114. The van der Waals surface area contributed by atoms with Crippen LogP contribution >= 0.6 is 0 Å². The van der Waals surface area contributed by atoms with Crippen LogP contribution < -0.4 is 15.4 Å². The molecule has 0 spiro atoms. The van der Waals surface area contributed by atoms with Crippen LogP contribution in [0.1, 0.15) is 5.56 Å². The molecule has 5 heteroatoms. The van der Waals surface area contributed by atoms with Gasteiger partial charge >= 0.3 is 0 Å². The van der Waals surface area contributed by atoms with Gasteiger partial charge in [0.25, 0.3) is 0 Å². The van der Waals surface area contributed by atoms with Gasteiger partial charge in [0.15, 0.2) is 0 Å². The molecule has 26 heavy (non-hydrogen) atoms. The predicted octanol–water partition coefficient (Wildman–Crippen LogP) is 4.46. The van der Waals surface area contributed by atoms with E-state index < -0.39 is 5.82 Å². The van der Waals surface area contributed by atoms with E-state index in [0.717, 1.165) is 5.56 Å². The van der Waals surface area contributed by atoms with Crippen LogP contribution in [0.2, 0.25) is 0 Å². The first-order valence-electron chi connectivity index (χ1n) is 8.26. The SMILES string of the molecule is O=C(CNc1ccccc1F)Nc1cccc(OCc2ccccc2)c1. The van der Waals surface area contributed by atoms with E-state index in [1.54, 1.807) is 36.4 Å². The summed E-state index contributed by atoms with van der Waals surface area (Å²) in [7, 11) is 0. The second kappa shape index (κ2) is 8.67. The molecule has 4 nitrogen and oxygen atoms in total. The first kappa shape index (κ1) is 17.5. The summed E-state index contributed by atoms with van der Waals surface area (Å²) < 4.78 is 19.3. The number of para-hydroxylation sites is 1. The fourth-order valence-corrected chi connectivity index (χ4v) is 2.39. The van der Waals surface area contributed by atoms with Gasteiger partial charge in [-0.05, 0) is 29.8 Å². The van der Waals surface area contributed by atoms with Crippen molar-refractivity contribution in [3.63, 3.8) is 0 Å². The minimum Gasteiger partial charge on any atom is -0.489 e. The maximum Gasteiger partial charge on any atom is 0.243 e. The fourth-order valence-electron chi connectivity index (χ4n) is 2.39. The number of carbonyl (C=O) groups is 1. The Hall–Kier alpha value is -3.34. The van der Waals surface area contributed by atoms with Crippen LogP contribution in [0.5, 0.6) is 5.75 Å². The summed E-state index contributed by atoms with van der Waals surface area (Å²) in [6.07, 6.45) is 0. The smallest absolute Gasteiger partial charge is 0.243 e. The van der Waals surface area contributed by atoms with Gasteiger partial charge in [0.1, 0.15) is 18.2 Å². The van der Waals surface area contributed by atoms with Crippen molar-refractivity contribution in [3.8, 4) is 5.75 Å². The molecule has 0 aliphatic carbocycles. The van der Waals surface area contributed by atoms with E-state index in [1.807, 2.05) is 36.4 Å². The highest BCUT2D eigenvalue weighted by Gasteiger charge is 2.06. The van der Waals surface area contributed by atoms with Gasteiger partial charge in [-0.3, -0.25) is 4.79 Å². The van der Waals surface area contributed by atoms with E-state index in [4.69, 9.17) is 4.74 Å². The molecule has 3 rings (SSSR count). The molecule has 0 atom stereocenters. The average Bonchev–Trinajstić information content (AvgIpc) is 2.67. The molecule has 0 aromatic heterocycles. The maximum atomic E-state index is 13.5. The van der Waals surface area contributed by atoms with Crippen molar-refractivity contribution in [3.05, 3.63) is 90.2 Å². The number of anilines is 2. The first-order chi connectivity index (χ1) is 12.7. The Morgan fingerprint density at radius 1 is 0.923 bits per heavy atom. The highest BCUT2D eigenvalue weighted by atomic mass is 19.1. The number of halogens is 1. The Morgan fingerprint density at radius 2 is 1.69 bits per heavy atom. The van der Waals surface area contributed by atoms with Gasteiger partial charge in [-0.2, -0.15) is 0 Å². The van der Waals surface area contributed by atoms with E-state index in [9.17, 15) is 9.18 Å². The van der Waals surface area contributed by atoms with Crippen LogP contribution in [0.3, 0.4) is 0 Å². The Morgan fingerprint density at radius 3 is 2.50 bits per heavy atom. The Bertz CT molecular complexity index is 869. The Balaban J connectivity index is 1.53. The van der Waals surface area contributed by atoms with E-state index in [2.05, 4.69) is 10.6 Å². The van der Waals surface area contributed by atoms with Gasteiger partial charge in [0.2, 0.25) is 5.91 Å². The second-order valence-electron chi connectivity index (χ2n) is 5.68. The molecule has 3 aromatic carbocycles. The molecule has 1 amide bonds. The van der Waals surface area contributed by atoms with Crippen molar-refractivity contribution in [2.24, 2.45) is 0 Å². The molecule has 2 N–H and O–H groups in total.